The van der Waals surface area contributed by atoms with Crippen LogP contribution in [0.25, 0.3) is 0 Å². The van der Waals surface area contributed by atoms with Crippen molar-refractivity contribution < 1.29 is 31.5 Å². The number of carbonyl (C=O) groups excluding carboxylic acids is 1. The summed E-state index contributed by atoms with van der Waals surface area (Å²) in [5.41, 5.74) is -0.406. The van der Waals surface area contributed by atoms with Gasteiger partial charge < -0.3 is 10.4 Å². The number of hydrogen-bond acceptors (Lipinski definition) is 4. The first-order valence-corrected chi connectivity index (χ1v) is 12.2. The summed E-state index contributed by atoms with van der Waals surface area (Å²) in [5.74, 6) is -5.07. The fourth-order valence-electron chi connectivity index (χ4n) is 5.08. The molecule has 2 N–H and O–H groups in total. The highest BCUT2D eigenvalue weighted by atomic mass is 35.5. The molecular weight excluding hydrogens is 467 g/mol. The first-order valence-electron chi connectivity index (χ1n) is 10.1. The van der Waals surface area contributed by atoms with Gasteiger partial charge in [0, 0.05) is 23.4 Å². The monoisotopic (exact) mass is 487 g/mol. The van der Waals surface area contributed by atoms with Crippen LogP contribution in [0.5, 0.6) is 0 Å². The van der Waals surface area contributed by atoms with Crippen molar-refractivity contribution in [3.8, 4) is 0 Å². The largest absolute Gasteiger partial charge is 0.393 e. The summed E-state index contributed by atoms with van der Waals surface area (Å²) < 4.78 is 66.1. The molecule has 5 atom stereocenters. The van der Waals surface area contributed by atoms with Crippen LogP contribution < -0.4 is 5.32 Å². The zero-order valence-corrected chi connectivity index (χ0v) is 18.6. The smallest absolute Gasteiger partial charge is 0.255 e. The molecule has 2 aliphatic carbocycles. The lowest BCUT2D eigenvalue weighted by molar-refractivity contribution is -0.101. The first-order chi connectivity index (χ1) is 15.0. The lowest BCUT2D eigenvalue weighted by atomic mass is 9.51. The number of carbonyl (C=O) groups is 1. The summed E-state index contributed by atoms with van der Waals surface area (Å²) in [6.07, 6.45) is 0.731. The number of aliphatic hydroxyl groups is 1. The Kier molecular flexibility index (Phi) is 6.02. The van der Waals surface area contributed by atoms with E-state index in [0.717, 1.165) is 6.07 Å². The number of anilines is 1. The standard InChI is InChI=1S/C22H21ClF3NO4S/c1-10-14-7-13(28)8-15(10)16(14)9-32(30,31)20-4-11(2-3-17(20)23)22(29)27-12-5-18(24)21(26)19(25)6-12/h2-6,10,13-16,28H,7-9H2,1H3,(H,27,29)/t10-,13-,14+,15?,16?/m0/s1. The van der Waals surface area contributed by atoms with E-state index in [9.17, 15) is 31.5 Å². The van der Waals surface area contributed by atoms with Crippen molar-refractivity contribution in [3.63, 3.8) is 0 Å². The van der Waals surface area contributed by atoms with E-state index in [0.29, 0.717) is 30.9 Å². The van der Waals surface area contributed by atoms with Crippen molar-refractivity contribution in [2.45, 2.75) is 30.8 Å². The van der Waals surface area contributed by atoms with Crippen molar-refractivity contribution in [3.05, 3.63) is 58.4 Å². The Morgan fingerprint density at radius 2 is 1.72 bits per heavy atom. The summed E-state index contributed by atoms with van der Waals surface area (Å²) in [7, 11) is -3.85. The number of hydrogen-bond donors (Lipinski definition) is 2. The Morgan fingerprint density at radius 3 is 2.31 bits per heavy atom. The van der Waals surface area contributed by atoms with Crippen molar-refractivity contribution >= 4 is 33.0 Å². The molecule has 0 radical (unpaired) electrons. The van der Waals surface area contributed by atoms with Crippen LogP contribution >= 0.6 is 11.6 Å². The van der Waals surface area contributed by atoms with Gasteiger partial charge in [0.05, 0.1) is 21.8 Å². The van der Waals surface area contributed by atoms with Crippen LogP contribution in [0.3, 0.4) is 0 Å². The molecule has 10 heteroatoms. The van der Waals surface area contributed by atoms with Gasteiger partial charge in [0.25, 0.3) is 5.91 Å². The molecule has 2 aliphatic rings. The fourth-order valence-corrected chi connectivity index (χ4v) is 7.40. The highest BCUT2D eigenvalue weighted by molar-refractivity contribution is 7.91. The van der Waals surface area contributed by atoms with Gasteiger partial charge in [-0.3, -0.25) is 4.79 Å². The predicted octanol–water partition coefficient (Wildman–Crippen LogP) is 4.44. The summed E-state index contributed by atoms with van der Waals surface area (Å²) >= 11 is 6.13. The van der Waals surface area contributed by atoms with E-state index >= 15 is 0 Å². The third-order valence-corrected chi connectivity index (χ3v) is 8.99. The molecule has 0 heterocycles. The minimum absolute atomic E-state index is 0.0435. The van der Waals surface area contributed by atoms with E-state index in [-0.39, 0.29) is 44.7 Å². The molecule has 2 aromatic rings. The molecule has 0 aliphatic heterocycles. The fraction of sp³-hybridized carbons (Fsp3) is 0.409. The van der Waals surface area contributed by atoms with E-state index in [1.54, 1.807) is 0 Å². The van der Waals surface area contributed by atoms with E-state index in [2.05, 4.69) is 12.2 Å². The highest BCUT2D eigenvalue weighted by Gasteiger charge is 2.53. The maximum atomic E-state index is 13.4. The molecule has 2 bridgehead atoms. The number of aliphatic hydroxyl groups excluding tert-OH is 1. The number of nitrogens with one attached hydrogen (secondary N) is 1. The summed E-state index contributed by atoms with van der Waals surface area (Å²) in [6.45, 7) is 2.06. The number of fused-ring (bicyclic) bond motifs is 2. The Labute approximate surface area is 188 Å². The average Bonchev–Trinajstić information content (AvgIpc) is 2.73. The van der Waals surface area contributed by atoms with Crippen LogP contribution in [0.2, 0.25) is 5.02 Å². The molecule has 172 valence electrons. The zero-order chi connectivity index (χ0) is 23.4. The molecule has 1 amide bonds. The molecule has 5 nitrogen and oxygen atoms in total. The van der Waals surface area contributed by atoms with Crippen molar-refractivity contribution in [1.29, 1.82) is 0 Å². The lowest BCUT2D eigenvalue weighted by Crippen LogP contribution is -2.55. The quantitative estimate of drug-likeness (QED) is 0.611. The van der Waals surface area contributed by atoms with Gasteiger partial charge in [-0.15, -0.1) is 0 Å². The molecule has 2 saturated carbocycles. The molecule has 0 aromatic heterocycles. The first kappa shape index (κ1) is 23.1. The molecule has 0 saturated heterocycles. The topological polar surface area (TPSA) is 83.5 Å². The normalized spacial score (nSPS) is 27.0. The van der Waals surface area contributed by atoms with Crippen LogP contribution in [0.1, 0.15) is 30.1 Å². The van der Waals surface area contributed by atoms with Crippen LogP contribution in [0.15, 0.2) is 35.2 Å². The van der Waals surface area contributed by atoms with Gasteiger partial charge in [0.15, 0.2) is 27.3 Å². The third kappa shape index (κ3) is 4.13. The van der Waals surface area contributed by atoms with Crippen LogP contribution in [0, 0.1) is 41.1 Å². The molecular formula is C22H21ClF3NO4S. The van der Waals surface area contributed by atoms with E-state index in [1.165, 1.54) is 12.1 Å². The maximum absolute atomic E-state index is 13.4. The van der Waals surface area contributed by atoms with Gasteiger partial charge in [-0.1, -0.05) is 18.5 Å². The number of amides is 1. The summed E-state index contributed by atoms with van der Waals surface area (Å²) in [6, 6.07) is 4.91. The summed E-state index contributed by atoms with van der Waals surface area (Å²) in [4.78, 5) is 12.3. The zero-order valence-electron chi connectivity index (χ0n) is 17.0. The minimum atomic E-state index is -3.85. The van der Waals surface area contributed by atoms with Gasteiger partial charge in [-0.25, -0.2) is 21.6 Å². The lowest BCUT2D eigenvalue weighted by Gasteiger charge is -2.56. The Hall–Kier alpha value is -2.10. The van der Waals surface area contributed by atoms with Gasteiger partial charge in [-0.2, -0.15) is 0 Å². The van der Waals surface area contributed by atoms with Crippen LogP contribution in [-0.4, -0.2) is 31.3 Å². The third-order valence-electron chi connectivity index (χ3n) is 6.72. The Bertz CT molecular complexity index is 1150. The van der Waals surface area contributed by atoms with Gasteiger partial charge in [0.2, 0.25) is 0 Å². The molecule has 2 unspecified atom stereocenters. The van der Waals surface area contributed by atoms with Gasteiger partial charge in [0.1, 0.15) is 0 Å². The minimum Gasteiger partial charge on any atom is -0.393 e. The Morgan fingerprint density at radius 1 is 1.12 bits per heavy atom. The Balaban J connectivity index is 1.55. The second-order valence-corrected chi connectivity index (χ2v) is 11.0. The van der Waals surface area contributed by atoms with Crippen molar-refractivity contribution in [2.24, 2.45) is 23.7 Å². The van der Waals surface area contributed by atoms with Crippen LogP contribution in [0.4, 0.5) is 18.9 Å². The maximum Gasteiger partial charge on any atom is 0.255 e. The van der Waals surface area contributed by atoms with E-state index in [4.69, 9.17) is 11.6 Å². The summed E-state index contributed by atoms with van der Waals surface area (Å²) in [5, 5.41) is 12.1. The number of benzene rings is 2. The van der Waals surface area contributed by atoms with Gasteiger partial charge in [-0.05, 0) is 54.7 Å². The van der Waals surface area contributed by atoms with Crippen molar-refractivity contribution in [2.75, 3.05) is 11.1 Å². The number of rotatable bonds is 5. The molecule has 2 fully saturated rings. The second kappa shape index (κ2) is 8.35. The van der Waals surface area contributed by atoms with Crippen LogP contribution in [-0.2, 0) is 9.84 Å². The average molecular weight is 488 g/mol. The molecule has 2 aromatic carbocycles. The molecule has 32 heavy (non-hydrogen) atoms. The highest BCUT2D eigenvalue weighted by Crippen LogP contribution is 2.55. The van der Waals surface area contributed by atoms with Crippen molar-refractivity contribution in [1.82, 2.24) is 0 Å². The SMILES string of the molecule is C[C@@H]1C2C[C@@H](O)C[C@H]1C2CS(=O)(=O)c1cc(C(=O)Nc2cc(F)c(F)c(F)c2)ccc1Cl. The molecule has 0 spiro atoms. The predicted molar refractivity (Wildman–Crippen MR) is 113 cm³/mol. The number of sulfone groups is 1. The second-order valence-electron chi connectivity index (χ2n) is 8.61. The van der Waals surface area contributed by atoms with E-state index < -0.39 is 39.3 Å². The number of halogens is 4. The van der Waals surface area contributed by atoms with E-state index in [1.807, 2.05) is 0 Å². The molecule has 4 rings (SSSR count). The van der Waals surface area contributed by atoms with Gasteiger partial charge >= 0.3 is 0 Å².